The van der Waals surface area contributed by atoms with Gasteiger partial charge in [0.05, 0.1) is 0 Å². The average molecular weight is 124 g/mol. The summed E-state index contributed by atoms with van der Waals surface area (Å²) in [6.45, 7) is 0. The Hall–Kier alpha value is -0.980. The van der Waals surface area contributed by atoms with Crippen molar-refractivity contribution in [1.82, 2.24) is 0 Å². The highest BCUT2D eigenvalue weighted by atomic mass is 17.2. The molecule has 0 amide bonds. The molecule has 0 heterocycles. The zero-order valence-electron chi connectivity index (χ0n) is 3.64. The molecular weight excluding hydrogens is 120 g/mol. The smallest absolute Gasteiger partial charge is 0.340 e. The summed E-state index contributed by atoms with van der Waals surface area (Å²) in [4.78, 5) is 9.74. The van der Waals surface area contributed by atoms with Crippen LogP contribution in [0.3, 0.4) is 0 Å². The van der Waals surface area contributed by atoms with Crippen LogP contribution in [0.5, 0.6) is 0 Å². The fourth-order valence-electron chi connectivity index (χ4n) is 0.103. The quantitative estimate of drug-likeness (QED) is 0.284. The Morgan fingerprint density at radius 1 is 1.12 bits per heavy atom. The van der Waals surface area contributed by atoms with Gasteiger partial charge in [-0.1, -0.05) is 0 Å². The van der Waals surface area contributed by atoms with Crippen molar-refractivity contribution in [3.8, 4) is 0 Å². The largest absolute Gasteiger partial charge is 0.390 e. The van der Waals surface area contributed by atoms with Gasteiger partial charge in [0.25, 0.3) is 0 Å². The van der Waals surface area contributed by atoms with E-state index in [1.807, 2.05) is 0 Å². The third-order valence-electron chi connectivity index (χ3n) is 0.329. The Bertz CT molecular complexity index is 70.6. The predicted octanol–water partition coefficient (Wildman–Crippen LogP) is 0.254. The van der Waals surface area contributed by atoms with Crippen LogP contribution in [0, 0.1) is 0 Å². The zero-order chi connectivity index (χ0) is 6.41. The summed E-state index contributed by atoms with van der Waals surface area (Å²) in [5.74, 6) is -0.771. The second kappa shape index (κ2) is 4.19. The maximum Gasteiger partial charge on any atom is 0.390 e. The van der Waals surface area contributed by atoms with Crippen LogP contribution in [0.2, 0.25) is 0 Å². The van der Waals surface area contributed by atoms with Crippen molar-refractivity contribution in [2.24, 2.45) is 0 Å². The molecule has 6 nitrogen and oxygen atoms in total. The van der Waals surface area contributed by atoms with Gasteiger partial charge in [-0.3, -0.25) is 9.78 Å². The lowest BCUT2D eigenvalue weighted by Crippen LogP contribution is -1.90. The highest BCUT2D eigenvalue weighted by molar-refractivity contribution is 4.69. The van der Waals surface area contributed by atoms with E-state index in [2.05, 4.69) is 14.7 Å². The lowest BCUT2D eigenvalue weighted by atomic mass is 11.0. The van der Waals surface area contributed by atoms with Crippen LogP contribution >= 0.6 is 0 Å². The first kappa shape index (κ1) is 7.02. The van der Waals surface area contributed by atoms with Crippen molar-refractivity contribution >= 4 is 0 Å². The van der Waals surface area contributed by atoms with Crippen molar-refractivity contribution in [2.45, 2.75) is 0 Å². The molecule has 0 rings (SSSR count). The third kappa shape index (κ3) is 2.24. The normalized spacial score (nSPS) is 7.38. The molecule has 0 bridgehead atoms. The summed E-state index contributed by atoms with van der Waals surface area (Å²) >= 11 is 0. The fourth-order valence-corrected chi connectivity index (χ4v) is 0.103. The van der Waals surface area contributed by atoms with Gasteiger partial charge < -0.3 is 4.89 Å². The molecule has 0 aromatic rings. The van der Waals surface area contributed by atoms with Crippen LogP contribution in [-0.4, -0.2) is 15.8 Å². The summed E-state index contributed by atoms with van der Waals surface area (Å²) < 4.78 is 0. The molecular formula is C2H4O6. The lowest BCUT2D eigenvalue weighted by molar-refractivity contribution is -0.333. The number of hydrogen-bond acceptors (Lipinski definition) is 6. The summed E-state index contributed by atoms with van der Waals surface area (Å²) in [5, 5.41) is 22.8. The van der Waals surface area contributed by atoms with E-state index < -0.39 is 5.95 Å². The molecule has 48 valence electrons. The van der Waals surface area contributed by atoms with Gasteiger partial charge in [-0.15, -0.1) is 0 Å². The Kier molecular flexibility index (Phi) is 3.67. The molecule has 0 aromatic heterocycles. The molecule has 0 fully saturated rings. The fraction of sp³-hybridized carbons (Fsp3) is 0. The van der Waals surface area contributed by atoms with Crippen LogP contribution in [0.4, 0.5) is 0 Å². The number of rotatable bonds is 3. The monoisotopic (exact) mass is 124 g/mol. The second-order valence-electron chi connectivity index (χ2n) is 0.725. The van der Waals surface area contributed by atoms with E-state index in [-0.39, 0.29) is 0 Å². The average Bonchev–Trinajstić information content (AvgIpc) is 1.83. The van der Waals surface area contributed by atoms with Crippen molar-refractivity contribution in [3.05, 3.63) is 12.2 Å². The molecule has 0 atom stereocenters. The maximum absolute atomic E-state index is 7.61. The van der Waals surface area contributed by atoms with Crippen molar-refractivity contribution < 1.29 is 30.4 Å². The second-order valence-corrected chi connectivity index (χ2v) is 0.725. The summed E-state index contributed by atoms with van der Waals surface area (Å²) in [7, 11) is 0. The van der Waals surface area contributed by atoms with Crippen molar-refractivity contribution in [1.29, 1.82) is 0 Å². The standard InChI is InChI=1S/C2H4O6/c3-6-1-2(7-4)8-5/h1,3-5H. The van der Waals surface area contributed by atoms with Gasteiger partial charge in [0.1, 0.15) is 0 Å². The first-order valence-corrected chi connectivity index (χ1v) is 1.48. The molecule has 0 aliphatic carbocycles. The van der Waals surface area contributed by atoms with Gasteiger partial charge in [0.2, 0.25) is 6.26 Å². The van der Waals surface area contributed by atoms with Crippen molar-refractivity contribution in [3.63, 3.8) is 0 Å². The molecule has 0 aliphatic rings. The van der Waals surface area contributed by atoms with E-state index in [1.165, 1.54) is 0 Å². The molecule has 0 saturated heterocycles. The van der Waals surface area contributed by atoms with E-state index >= 15 is 0 Å². The summed E-state index contributed by atoms with van der Waals surface area (Å²) in [5.41, 5.74) is 0. The Labute approximate surface area is 43.9 Å². The van der Waals surface area contributed by atoms with E-state index in [4.69, 9.17) is 15.8 Å². The third-order valence-corrected chi connectivity index (χ3v) is 0.329. The molecule has 0 unspecified atom stereocenters. The van der Waals surface area contributed by atoms with Gasteiger partial charge in [0.15, 0.2) is 0 Å². The molecule has 3 N–H and O–H groups in total. The van der Waals surface area contributed by atoms with Gasteiger partial charge in [-0.25, -0.2) is 5.26 Å². The first-order chi connectivity index (χ1) is 3.85. The van der Waals surface area contributed by atoms with Crippen LogP contribution in [0.25, 0.3) is 0 Å². The van der Waals surface area contributed by atoms with E-state index in [1.54, 1.807) is 0 Å². The highest BCUT2D eigenvalue weighted by Crippen LogP contribution is 1.92. The minimum Gasteiger partial charge on any atom is -0.340 e. The Morgan fingerprint density at radius 3 is 1.75 bits per heavy atom. The zero-order valence-corrected chi connectivity index (χ0v) is 3.64. The molecule has 0 saturated carbocycles. The van der Waals surface area contributed by atoms with Crippen LogP contribution in [-0.2, 0) is 14.7 Å². The molecule has 8 heavy (non-hydrogen) atoms. The minimum absolute atomic E-state index is 0.431. The first-order valence-electron chi connectivity index (χ1n) is 1.48. The maximum atomic E-state index is 7.61. The van der Waals surface area contributed by atoms with E-state index in [0.717, 1.165) is 0 Å². The van der Waals surface area contributed by atoms with E-state index in [0.29, 0.717) is 6.26 Å². The summed E-state index contributed by atoms with van der Waals surface area (Å²) in [6.07, 6.45) is 0.431. The van der Waals surface area contributed by atoms with E-state index in [9.17, 15) is 0 Å². The van der Waals surface area contributed by atoms with Gasteiger partial charge in [-0.05, 0) is 0 Å². The van der Waals surface area contributed by atoms with Gasteiger partial charge in [-0.2, -0.15) is 10.5 Å². The van der Waals surface area contributed by atoms with Gasteiger partial charge in [0, 0.05) is 0 Å². The topological polar surface area (TPSA) is 88.4 Å². The highest BCUT2D eigenvalue weighted by Gasteiger charge is 1.95. The molecule has 0 radical (unpaired) electrons. The molecule has 0 spiro atoms. The van der Waals surface area contributed by atoms with Crippen LogP contribution in [0.1, 0.15) is 0 Å². The van der Waals surface area contributed by atoms with Crippen LogP contribution in [0.15, 0.2) is 12.2 Å². The Balaban J connectivity index is 3.49. The predicted molar refractivity (Wildman–Crippen MR) is 19.2 cm³/mol. The number of hydrogen-bond donors (Lipinski definition) is 3. The minimum atomic E-state index is -0.771. The van der Waals surface area contributed by atoms with Crippen molar-refractivity contribution in [2.75, 3.05) is 0 Å². The SMILES string of the molecule is OOC=C(OO)OO. The molecule has 0 aromatic carbocycles. The van der Waals surface area contributed by atoms with Crippen LogP contribution < -0.4 is 0 Å². The molecule has 0 aliphatic heterocycles. The summed E-state index contributed by atoms with van der Waals surface area (Å²) in [6, 6.07) is 0. The Morgan fingerprint density at radius 2 is 1.62 bits per heavy atom. The lowest BCUT2D eigenvalue weighted by Gasteiger charge is -1.93. The molecule has 6 heteroatoms. The van der Waals surface area contributed by atoms with Gasteiger partial charge >= 0.3 is 5.95 Å².